The van der Waals surface area contributed by atoms with Gasteiger partial charge in [-0.25, -0.2) is 0 Å². The molecule has 1 aliphatic rings. The van der Waals surface area contributed by atoms with Gasteiger partial charge in [-0.15, -0.1) is 0 Å². The van der Waals surface area contributed by atoms with E-state index >= 15 is 0 Å². The number of nitrogens with one attached hydrogen (secondary N) is 2. The molecular weight excluding hydrogens is 232 g/mol. The molecule has 1 saturated heterocycles. The summed E-state index contributed by atoms with van der Waals surface area (Å²) in [6, 6.07) is 3.74. The van der Waals surface area contributed by atoms with E-state index in [-0.39, 0.29) is 0 Å². The van der Waals surface area contributed by atoms with Crippen LogP contribution in [0.15, 0.2) is 12.1 Å². The third-order valence-electron chi connectivity index (χ3n) is 3.15. The number of ether oxygens (including phenoxy) is 3. The summed E-state index contributed by atoms with van der Waals surface area (Å²) in [6.45, 7) is 3.07. The van der Waals surface area contributed by atoms with Gasteiger partial charge in [0.05, 0.1) is 27.0 Å². The minimum absolute atomic E-state index is 0.671. The molecule has 18 heavy (non-hydrogen) atoms. The lowest BCUT2D eigenvalue weighted by Gasteiger charge is -2.28. The van der Waals surface area contributed by atoms with Gasteiger partial charge in [0.15, 0.2) is 11.5 Å². The van der Waals surface area contributed by atoms with Crippen LogP contribution in [0.1, 0.15) is 0 Å². The van der Waals surface area contributed by atoms with Crippen LogP contribution in [-0.2, 0) is 0 Å². The van der Waals surface area contributed by atoms with Crippen LogP contribution < -0.4 is 24.8 Å². The minimum Gasteiger partial charge on any atom is -0.494 e. The fourth-order valence-electron chi connectivity index (χ4n) is 1.91. The Morgan fingerprint density at radius 3 is 2.17 bits per heavy atom. The first-order chi connectivity index (χ1) is 8.78. The largest absolute Gasteiger partial charge is 0.494 e. The van der Waals surface area contributed by atoms with Gasteiger partial charge in [0.25, 0.3) is 0 Å². The lowest BCUT2D eigenvalue weighted by molar-refractivity contribution is 0.348. The number of methoxy groups -OCH3 is 3. The maximum absolute atomic E-state index is 5.36. The summed E-state index contributed by atoms with van der Waals surface area (Å²) in [4.78, 5) is 0. The van der Waals surface area contributed by atoms with Crippen molar-refractivity contribution in [2.45, 2.75) is 0 Å². The van der Waals surface area contributed by atoms with E-state index in [0.717, 1.165) is 31.1 Å². The molecule has 1 heterocycles. The molecule has 0 aliphatic carbocycles. The van der Waals surface area contributed by atoms with Crippen LogP contribution in [0.3, 0.4) is 0 Å². The Morgan fingerprint density at radius 1 is 1.06 bits per heavy atom. The topological polar surface area (TPSA) is 51.8 Å². The van der Waals surface area contributed by atoms with Crippen molar-refractivity contribution >= 4 is 5.69 Å². The van der Waals surface area contributed by atoms with Gasteiger partial charge in [0.1, 0.15) is 5.75 Å². The smallest absolute Gasteiger partial charge is 0.164 e. The number of benzene rings is 1. The molecule has 1 aromatic carbocycles. The lowest BCUT2D eigenvalue weighted by Crippen LogP contribution is -2.45. The number of anilines is 1. The standard InChI is InChI=1S/C13H20N2O3/c1-16-11-5-13(18-3)12(17-2)4-10(11)15-8-9-6-14-7-9/h4-5,9,14-15H,6-8H2,1-3H3. The zero-order valence-corrected chi connectivity index (χ0v) is 11.1. The molecule has 1 aliphatic heterocycles. The Labute approximate surface area is 107 Å². The Bertz CT molecular complexity index is 405. The fraction of sp³-hybridized carbons (Fsp3) is 0.538. The number of hydrogen-bond acceptors (Lipinski definition) is 5. The molecule has 0 spiro atoms. The molecule has 0 amide bonds. The highest BCUT2D eigenvalue weighted by molar-refractivity contribution is 5.64. The van der Waals surface area contributed by atoms with E-state index in [2.05, 4.69) is 10.6 Å². The first kappa shape index (κ1) is 12.8. The molecule has 0 bridgehead atoms. The predicted octanol–water partition coefficient (Wildman–Crippen LogP) is 1.34. The second-order valence-electron chi connectivity index (χ2n) is 4.31. The average Bonchev–Trinajstić information content (AvgIpc) is 2.36. The van der Waals surface area contributed by atoms with E-state index < -0.39 is 0 Å². The van der Waals surface area contributed by atoms with Gasteiger partial charge in [0, 0.05) is 37.7 Å². The summed E-state index contributed by atoms with van der Waals surface area (Å²) in [5.74, 6) is 2.82. The molecule has 100 valence electrons. The van der Waals surface area contributed by atoms with Crippen LogP contribution in [0.2, 0.25) is 0 Å². The molecule has 2 rings (SSSR count). The van der Waals surface area contributed by atoms with Crippen molar-refractivity contribution in [2.75, 3.05) is 46.3 Å². The first-order valence-electron chi connectivity index (χ1n) is 6.03. The molecule has 5 heteroatoms. The van der Waals surface area contributed by atoms with Crippen LogP contribution in [0.5, 0.6) is 17.2 Å². The van der Waals surface area contributed by atoms with E-state index in [0.29, 0.717) is 17.4 Å². The van der Waals surface area contributed by atoms with Crippen molar-refractivity contribution in [3.8, 4) is 17.2 Å². The van der Waals surface area contributed by atoms with Gasteiger partial charge in [-0.2, -0.15) is 0 Å². The molecule has 1 fully saturated rings. The molecule has 0 atom stereocenters. The monoisotopic (exact) mass is 252 g/mol. The molecule has 0 saturated carbocycles. The Balaban J connectivity index is 2.15. The number of hydrogen-bond donors (Lipinski definition) is 2. The second-order valence-corrected chi connectivity index (χ2v) is 4.31. The second kappa shape index (κ2) is 5.82. The maximum atomic E-state index is 5.36. The van der Waals surface area contributed by atoms with Gasteiger partial charge in [-0.05, 0) is 0 Å². The molecular formula is C13H20N2O3. The van der Waals surface area contributed by atoms with Crippen molar-refractivity contribution in [3.05, 3.63) is 12.1 Å². The zero-order chi connectivity index (χ0) is 13.0. The van der Waals surface area contributed by atoms with Crippen LogP contribution in [0, 0.1) is 5.92 Å². The zero-order valence-electron chi connectivity index (χ0n) is 11.1. The third-order valence-corrected chi connectivity index (χ3v) is 3.15. The molecule has 1 aromatic rings. The van der Waals surface area contributed by atoms with E-state index in [1.807, 2.05) is 12.1 Å². The third kappa shape index (κ3) is 2.61. The molecule has 2 N–H and O–H groups in total. The average molecular weight is 252 g/mol. The SMILES string of the molecule is COc1cc(OC)c(OC)cc1NCC1CNC1. The van der Waals surface area contributed by atoms with Crippen LogP contribution >= 0.6 is 0 Å². The summed E-state index contributed by atoms with van der Waals surface area (Å²) < 4.78 is 15.9. The predicted molar refractivity (Wildman–Crippen MR) is 70.9 cm³/mol. The number of rotatable bonds is 6. The quantitative estimate of drug-likeness (QED) is 0.800. The van der Waals surface area contributed by atoms with E-state index in [4.69, 9.17) is 14.2 Å². The van der Waals surface area contributed by atoms with Crippen LogP contribution in [-0.4, -0.2) is 41.0 Å². The molecule has 0 aromatic heterocycles. The Hall–Kier alpha value is -1.62. The van der Waals surface area contributed by atoms with Gasteiger partial charge in [-0.3, -0.25) is 0 Å². The summed E-state index contributed by atoms with van der Waals surface area (Å²) in [7, 11) is 4.89. The van der Waals surface area contributed by atoms with Crippen molar-refractivity contribution in [1.29, 1.82) is 0 Å². The van der Waals surface area contributed by atoms with Crippen molar-refractivity contribution < 1.29 is 14.2 Å². The van der Waals surface area contributed by atoms with Gasteiger partial charge in [-0.1, -0.05) is 0 Å². The van der Waals surface area contributed by atoms with Crippen molar-refractivity contribution in [2.24, 2.45) is 5.92 Å². The highest BCUT2D eigenvalue weighted by Crippen LogP contribution is 2.37. The lowest BCUT2D eigenvalue weighted by atomic mass is 10.0. The summed E-state index contributed by atoms with van der Waals surface area (Å²) in [5.41, 5.74) is 0.932. The van der Waals surface area contributed by atoms with Gasteiger partial charge >= 0.3 is 0 Å². The normalized spacial score (nSPS) is 14.8. The highest BCUT2D eigenvalue weighted by Gasteiger charge is 2.18. The minimum atomic E-state index is 0.671. The van der Waals surface area contributed by atoms with E-state index in [9.17, 15) is 0 Å². The van der Waals surface area contributed by atoms with Crippen molar-refractivity contribution in [3.63, 3.8) is 0 Å². The van der Waals surface area contributed by atoms with E-state index in [1.165, 1.54) is 0 Å². The highest BCUT2D eigenvalue weighted by atomic mass is 16.5. The van der Waals surface area contributed by atoms with Crippen LogP contribution in [0.4, 0.5) is 5.69 Å². The van der Waals surface area contributed by atoms with Gasteiger partial charge < -0.3 is 24.8 Å². The van der Waals surface area contributed by atoms with Crippen molar-refractivity contribution in [1.82, 2.24) is 5.32 Å². The Kier molecular flexibility index (Phi) is 4.15. The van der Waals surface area contributed by atoms with Crippen LogP contribution in [0.25, 0.3) is 0 Å². The van der Waals surface area contributed by atoms with E-state index in [1.54, 1.807) is 21.3 Å². The van der Waals surface area contributed by atoms with Gasteiger partial charge in [0.2, 0.25) is 0 Å². The summed E-state index contributed by atoms with van der Waals surface area (Å²) >= 11 is 0. The molecule has 5 nitrogen and oxygen atoms in total. The first-order valence-corrected chi connectivity index (χ1v) is 6.03. The maximum Gasteiger partial charge on any atom is 0.164 e. The summed E-state index contributed by atoms with van der Waals surface area (Å²) in [6.07, 6.45) is 0. The Morgan fingerprint density at radius 2 is 1.67 bits per heavy atom. The summed E-state index contributed by atoms with van der Waals surface area (Å²) in [5, 5.41) is 6.64. The fourth-order valence-corrected chi connectivity index (χ4v) is 1.91. The molecule has 0 radical (unpaired) electrons. The molecule has 0 unspecified atom stereocenters.